The maximum atomic E-state index is 13.1. The number of phosphoric acid groups is 2. The Morgan fingerprint density at radius 2 is 0.530 bits per heavy atom. The van der Waals surface area contributed by atoms with Gasteiger partial charge in [-0.05, 0) is 167 Å². The van der Waals surface area contributed by atoms with Crippen LogP contribution in [0.5, 0.6) is 0 Å². The molecule has 0 spiro atoms. The number of hydrogen-bond donors (Lipinski definition) is 3. The van der Waals surface area contributed by atoms with Crippen molar-refractivity contribution in [1.82, 2.24) is 0 Å². The summed E-state index contributed by atoms with van der Waals surface area (Å²) < 4.78 is 68.3. The molecule has 0 rings (SSSR count). The van der Waals surface area contributed by atoms with Gasteiger partial charge in [0.05, 0.1) is 26.4 Å². The predicted molar refractivity (Wildman–Crippen MR) is 408 cm³/mol. The van der Waals surface area contributed by atoms with Gasteiger partial charge in [-0.3, -0.25) is 37.3 Å². The first-order valence-corrected chi connectivity index (χ1v) is 40.4. The summed E-state index contributed by atoms with van der Waals surface area (Å²) in [6.07, 6.45) is 83.7. The number of ether oxygens (including phenoxy) is 4. The van der Waals surface area contributed by atoms with Crippen LogP contribution in [0.15, 0.2) is 170 Å². The fraction of sp³-hybridized carbons (Fsp3) is 0.605. The summed E-state index contributed by atoms with van der Waals surface area (Å²) in [6.45, 7) is 4.30. The Morgan fingerprint density at radius 1 is 0.290 bits per heavy atom. The van der Waals surface area contributed by atoms with Gasteiger partial charge in [0.2, 0.25) is 0 Å². The largest absolute Gasteiger partial charge is 0.472 e. The molecule has 0 aliphatic rings. The van der Waals surface area contributed by atoms with Gasteiger partial charge in [0.1, 0.15) is 19.3 Å². The molecule has 0 radical (unpaired) electrons. The standard InChI is InChI=1S/C81H130O17P2/c1-5-9-13-17-21-25-29-33-36-37-40-43-46-50-54-58-62-66-79(84)92-72-77(98-81(86)68-64-60-56-52-48-44-39-35-31-27-23-19-15-11-7-3)74-96-100(89,90)94-70-75(82)69-93-99(87,88)95-73-76(97-80(85)67-63-59-55-51-47-41-32-28-24-20-16-12-8-4)71-91-78(83)65-61-57-53-49-45-42-38-34-30-26-22-18-14-10-6-2/h9-11,13-15,21-23,25-28,32-36,38-40,43,45,48-50,52,54,75-77,82H,5-8,12,16-20,24,29-31,37,41-42,44,46-47,51,53,55-74H2,1-4H3,(H,87,88)(H,89,90)/b13-9-,14-10-,15-11-,25-21-,26-22-,27-23-,32-28-,36-33-,38-34-,39-35-,43-40-,49-45-,52-48-,54-50-. The molecule has 0 saturated carbocycles. The van der Waals surface area contributed by atoms with Crippen molar-refractivity contribution in [1.29, 1.82) is 0 Å². The van der Waals surface area contributed by atoms with Crippen molar-refractivity contribution in [2.75, 3.05) is 39.6 Å². The van der Waals surface area contributed by atoms with E-state index in [9.17, 15) is 43.2 Å². The predicted octanol–water partition coefficient (Wildman–Crippen LogP) is 21.4. The Hall–Kier alpha value is -5.58. The molecule has 0 aromatic rings. The summed E-state index contributed by atoms with van der Waals surface area (Å²) in [5.41, 5.74) is 0. The Balaban J connectivity index is 5.49. The van der Waals surface area contributed by atoms with Crippen molar-refractivity contribution in [2.45, 2.75) is 277 Å². The summed E-state index contributed by atoms with van der Waals surface area (Å²) >= 11 is 0. The summed E-state index contributed by atoms with van der Waals surface area (Å²) in [7, 11) is -10.0. The smallest absolute Gasteiger partial charge is 0.462 e. The molecule has 566 valence electrons. The number of esters is 4. The third-order valence-corrected chi connectivity index (χ3v) is 16.6. The van der Waals surface area contributed by atoms with Gasteiger partial charge < -0.3 is 33.8 Å². The highest BCUT2D eigenvalue weighted by molar-refractivity contribution is 7.47. The van der Waals surface area contributed by atoms with Gasteiger partial charge in [-0.2, -0.15) is 0 Å². The zero-order valence-electron chi connectivity index (χ0n) is 61.5. The summed E-state index contributed by atoms with van der Waals surface area (Å²) in [5.74, 6) is -2.37. The van der Waals surface area contributed by atoms with Crippen LogP contribution >= 0.6 is 15.6 Å². The highest BCUT2D eigenvalue weighted by Gasteiger charge is 2.30. The van der Waals surface area contributed by atoms with Crippen LogP contribution in [0.3, 0.4) is 0 Å². The quantitative estimate of drug-likeness (QED) is 0.0169. The number of aliphatic hydroxyl groups excluding tert-OH is 1. The van der Waals surface area contributed by atoms with Crippen LogP contribution in [0.1, 0.15) is 259 Å². The van der Waals surface area contributed by atoms with Crippen molar-refractivity contribution >= 4 is 39.5 Å². The lowest BCUT2D eigenvalue weighted by atomic mass is 10.1. The third-order valence-electron chi connectivity index (χ3n) is 14.7. The Bertz CT molecular complexity index is 2570. The second-order valence-corrected chi connectivity index (χ2v) is 27.0. The number of allylic oxidation sites excluding steroid dienone is 28. The van der Waals surface area contributed by atoms with E-state index in [2.05, 4.69) is 180 Å². The molecule has 0 aliphatic heterocycles. The van der Waals surface area contributed by atoms with E-state index in [0.717, 1.165) is 141 Å². The minimum absolute atomic E-state index is 0.0229. The van der Waals surface area contributed by atoms with E-state index in [0.29, 0.717) is 38.5 Å². The van der Waals surface area contributed by atoms with Crippen LogP contribution in [-0.4, -0.2) is 96.7 Å². The van der Waals surface area contributed by atoms with E-state index < -0.39 is 97.5 Å². The molecule has 0 fully saturated rings. The molecule has 19 heteroatoms. The lowest BCUT2D eigenvalue weighted by Crippen LogP contribution is -2.30. The van der Waals surface area contributed by atoms with E-state index in [1.54, 1.807) is 0 Å². The zero-order valence-corrected chi connectivity index (χ0v) is 63.3. The van der Waals surface area contributed by atoms with Crippen molar-refractivity contribution in [3.05, 3.63) is 170 Å². The van der Waals surface area contributed by atoms with Gasteiger partial charge in [-0.1, -0.05) is 236 Å². The molecule has 3 N–H and O–H groups in total. The molecule has 0 aromatic carbocycles. The summed E-state index contributed by atoms with van der Waals surface area (Å²) in [4.78, 5) is 72.8. The topological polar surface area (TPSA) is 237 Å². The molecule has 100 heavy (non-hydrogen) atoms. The normalized spacial score (nSPS) is 14.9. The van der Waals surface area contributed by atoms with Crippen molar-refractivity contribution < 1.29 is 80.2 Å². The van der Waals surface area contributed by atoms with Crippen LogP contribution < -0.4 is 0 Å². The highest BCUT2D eigenvalue weighted by Crippen LogP contribution is 2.45. The van der Waals surface area contributed by atoms with Gasteiger partial charge in [-0.15, -0.1) is 0 Å². The molecule has 0 heterocycles. The molecule has 0 bridgehead atoms. The fourth-order valence-electron chi connectivity index (χ4n) is 9.05. The van der Waals surface area contributed by atoms with E-state index in [1.165, 1.54) is 25.7 Å². The van der Waals surface area contributed by atoms with Crippen LogP contribution in [-0.2, 0) is 65.4 Å². The van der Waals surface area contributed by atoms with Crippen LogP contribution in [0.2, 0.25) is 0 Å². The number of carbonyl (C=O) groups excluding carboxylic acids is 4. The number of hydrogen-bond acceptors (Lipinski definition) is 15. The molecular formula is C81H130O17P2. The molecule has 5 atom stereocenters. The van der Waals surface area contributed by atoms with E-state index in [4.69, 9.17) is 37.0 Å². The average Bonchev–Trinajstić information content (AvgIpc) is 1.06. The second kappa shape index (κ2) is 71.8. The van der Waals surface area contributed by atoms with Gasteiger partial charge >= 0.3 is 39.5 Å². The lowest BCUT2D eigenvalue weighted by molar-refractivity contribution is -0.161. The number of phosphoric ester groups is 2. The Kier molecular flexibility index (Phi) is 67.8. The molecule has 5 unspecified atom stereocenters. The number of rotatable bonds is 68. The minimum atomic E-state index is -5.01. The number of carbonyl (C=O) groups is 4. The first-order valence-electron chi connectivity index (χ1n) is 37.4. The van der Waals surface area contributed by atoms with E-state index in [-0.39, 0.29) is 25.7 Å². The maximum absolute atomic E-state index is 13.1. The molecule has 0 aliphatic carbocycles. The van der Waals surface area contributed by atoms with E-state index >= 15 is 0 Å². The average molecular weight is 1440 g/mol. The highest BCUT2D eigenvalue weighted by atomic mass is 31.2. The first kappa shape index (κ1) is 94.4. The Labute approximate surface area is 603 Å². The zero-order chi connectivity index (χ0) is 73.2. The Morgan fingerprint density at radius 3 is 0.870 bits per heavy atom. The molecule has 0 aromatic heterocycles. The maximum Gasteiger partial charge on any atom is 0.472 e. The van der Waals surface area contributed by atoms with Gasteiger partial charge in [0.15, 0.2) is 12.2 Å². The van der Waals surface area contributed by atoms with Crippen LogP contribution in [0.4, 0.5) is 0 Å². The monoisotopic (exact) mass is 1440 g/mol. The number of unbranched alkanes of at least 4 members (excludes halogenated alkanes) is 14. The third kappa shape index (κ3) is 70.8. The second-order valence-electron chi connectivity index (χ2n) is 24.1. The molecule has 17 nitrogen and oxygen atoms in total. The molecule has 0 saturated heterocycles. The van der Waals surface area contributed by atoms with Crippen molar-refractivity contribution in [3.63, 3.8) is 0 Å². The summed E-state index contributed by atoms with van der Waals surface area (Å²) in [5, 5.41) is 10.6. The van der Waals surface area contributed by atoms with Gasteiger partial charge in [0, 0.05) is 25.7 Å². The van der Waals surface area contributed by atoms with Crippen LogP contribution in [0.25, 0.3) is 0 Å². The summed E-state index contributed by atoms with van der Waals surface area (Å²) in [6, 6.07) is 0. The fourth-order valence-corrected chi connectivity index (χ4v) is 10.6. The van der Waals surface area contributed by atoms with Crippen molar-refractivity contribution in [2.24, 2.45) is 0 Å². The van der Waals surface area contributed by atoms with E-state index in [1.807, 2.05) is 18.2 Å². The lowest BCUT2D eigenvalue weighted by Gasteiger charge is -2.21. The van der Waals surface area contributed by atoms with Crippen LogP contribution in [0, 0.1) is 0 Å². The number of aliphatic hydroxyl groups is 1. The first-order chi connectivity index (χ1) is 48.7. The SMILES string of the molecule is CC/C=C\C/C=C\C/C=C\C/C=C\C/C=C\CCCC(=O)OCC(COP(=O)(O)OCC(O)COP(=O)(O)OCC(COC(=O)CCCC/C=C\C/C=C\C/C=C\C/C=C\CC)OC(=O)CCCCCCC/C=C\CCCCCC)OC(=O)CCCC/C=C\C/C=C\C/C=C\C/C=C\CC. The molecule has 0 amide bonds. The molecular weight excluding hydrogens is 1310 g/mol. The van der Waals surface area contributed by atoms with Gasteiger partial charge in [-0.25, -0.2) is 9.13 Å². The van der Waals surface area contributed by atoms with Crippen molar-refractivity contribution in [3.8, 4) is 0 Å². The minimum Gasteiger partial charge on any atom is -0.462 e. The van der Waals surface area contributed by atoms with Gasteiger partial charge in [0.25, 0.3) is 0 Å².